The number of hydrogen-bond acceptors (Lipinski definition) is 8. The van der Waals surface area contributed by atoms with E-state index in [1.54, 1.807) is 7.11 Å². The molecule has 0 saturated heterocycles. The van der Waals surface area contributed by atoms with E-state index < -0.39 is 0 Å². The predicted molar refractivity (Wildman–Crippen MR) is 220 cm³/mol. The first kappa shape index (κ1) is 42.6. The number of nitrogens with two attached hydrogens (primary N) is 3. The van der Waals surface area contributed by atoms with Gasteiger partial charge in [0.1, 0.15) is 5.15 Å². The summed E-state index contributed by atoms with van der Waals surface area (Å²) in [6, 6.07) is 6.17. The van der Waals surface area contributed by atoms with E-state index in [1.165, 1.54) is 27.3 Å². The molecule has 0 spiro atoms. The fourth-order valence-corrected chi connectivity index (χ4v) is 11.8. The molecule has 52 heavy (non-hydrogen) atoms. The molecule has 9 heteroatoms. The molecule has 0 aromatic carbocycles. The van der Waals surface area contributed by atoms with Crippen molar-refractivity contribution in [2.24, 2.45) is 68.5 Å². The number of hydrogen-bond donors (Lipinski definition) is 3. The van der Waals surface area contributed by atoms with Gasteiger partial charge in [0.2, 0.25) is 5.88 Å². The zero-order chi connectivity index (χ0) is 39.3. The zero-order valence-corrected chi connectivity index (χ0v) is 36.4. The first-order chi connectivity index (χ1) is 24.0. The second-order valence-corrected chi connectivity index (χ2v) is 20.1. The maximum absolute atomic E-state index is 6.62. The number of ether oxygens (including phenoxy) is 1. The van der Waals surface area contributed by atoms with Crippen LogP contribution in [0.15, 0.2) is 24.4 Å². The summed E-state index contributed by atoms with van der Waals surface area (Å²) in [5.74, 6) is 3.46. The van der Waals surface area contributed by atoms with Crippen LogP contribution >= 0.6 is 22.9 Å². The molecule has 3 heterocycles. The number of nitrogens with zero attached hydrogens (tertiary/aromatic N) is 3. The molecule has 3 aliphatic rings. The summed E-state index contributed by atoms with van der Waals surface area (Å²) in [6.07, 6.45) is 4.96. The van der Waals surface area contributed by atoms with Crippen LogP contribution in [-0.4, -0.2) is 22.1 Å². The Kier molecular flexibility index (Phi) is 12.8. The van der Waals surface area contributed by atoms with Gasteiger partial charge in [-0.2, -0.15) is 0 Å². The molecule has 3 aromatic rings. The molecule has 7 nitrogen and oxygen atoms in total. The molecule has 0 saturated carbocycles. The molecule has 6 N–H and O–H groups in total. The number of pyridine rings is 2. The molecule has 0 radical (unpaired) electrons. The van der Waals surface area contributed by atoms with Gasteiger partial charge in [-0.05, 0) is 89.4 Å². The van der Waals surface area contributed by atoms with Crippen LogP contribution < -0.4 is 21.9 Å². The van der Waals surface area contributed by atoms with E-state index >= 15 is 0 Å². The van der Waals surface area contributed by atoms with Gasteiger partial charge >= 0.3 is 0 Å². The van der Waals surface area contributed by atoms with E-state index in [-0.39, 0.29) is 39.8 Å². The minimum atomic E-state index is 0.0425. The standard InChI is InChI=1S/C16H26N2O.C14H21ClN2.C13H22N2S/c1-10(2)16(15(3,4)5)8-11-7-13(19-6)18-9-12(11)14(16)17;1-8(2)14(9(3)4)7-11-10(13(14)16)5-6-12(15)17-11;1-7(2)13(8(3)4)6-10-11(12(13)14)15-9(5)16-10/h7,9-10,14H,8,17H2,1-6H3;5-6,8-9,13H,7,16H2,1-4H3;7-8,12H,6,14H2,1-5H3/t14-,16?;13-;12-/m111/s1. The maximum atomic E-state index is 6.62. The Balaban J connectivity index is 0.000000175. The fourth-order valence-electron chi connectivity index (χ4n) is 10.6. The van der Waals surface area contributed by atoms with Crippen LogP contribution in [0.3, 0.4) is 0 Å². The molecule has 3 aliphatic carbocycles. The molecular weight excluding hydrogens is 684 g/mol. The van der Waals surface area contributed by atoms with E-state index in [9.17, 15) is 0 Å². The Bertz CT molecular complexity index is 1670. The Morgan fingerprint density at radius 3 is 1.81 bits per heavy atom. The third-order valence-electron chi connectivity index (χ3n) is 13.8. The summed E-state index contributed by atoms with van der Waals surface area (Å²) in [5, 5.41) is 1.72. The summed E-state index contributed by atoms with van der Waals surface area (Å²) in [5.41, 5.74) is 26.1. The van der Waals surface area contributed by atoms with E-state index in [4.69, 9.17) is 33.5 Å². The van der Waals surface area contributed by atoms with Crippen molar-refractivity contribution in [2.75, 3.05) is 7.11 Å². The molecule has 4 atom stereocenters. The number of aromatic nitrogens is 3. The van der Waals surface area contributed by atoms with Gasteiger partial charge in [-0.1, -0.05) is 108 Å². The highest BCUT2D eigenvalue weighted by molar-refractivity contribution is 7.11. The summed E-state index contributed by atoms with van der Waals surface area (Å²) in [4.78, 5) is 14.8. The van der Waals surface area contributed by atoms with Crippen molar-refractivity contribution in [1.82, 2.24) is 15.0 Å². The van der Waals surface area contributed by atoms with Crippen LogP contribution in [0.25, 0.3) is 0 Å². The van der Waals surface area contributed by atoms with Gasteiger partial charge in [0, 0.05) is 45.7 Å². The van der Waals surface area contributed by atoms with E-state index in [0.717, 1.165) is 30.0 Å². The third kappa shape index (κ3) is 7.09. The van der Waals surface area contributed by atoms with Crippen molar-refractivity contribution in [3.63, 3.8) is 0 Å². The number of fused-ring (bicyclic) bond motifs is 3. The molecular formula is C43H69ClN6OS. The summed E-state index contributed by atoms with van der Waals surface area (Å²) in [7, 11) is 1.66. The Morgan fingerprint density at radius 2 is 1.33 bits per heavy atom. The van der Waals surface area contributed by atoms with Crippen molar-refractivity contribution in [3.05, 3.63) is 67.5 Å². The summed E-state index contributed by atoms with van der Waals surface area (Å²) < 4.78 is 5.24. The number of thiazole rings is 1. The smallest absolute Gasteiger partial charge is 0.213 e. The maximum Gasteiger partial charge on any atom is 0.213 e. The Hall–Kier alpha value is -2.10. The Morgan fingerprint density at radius 1 is 0.769 bits per heavy atom. The SMILES string of the molecule is CC(C)C1(C(C)C)Cc2nc(Cl)ccc2[C@H]1N.COc1cc2c(cn1)[C@@H](N)C(C(C)C)(C(C)(C)C)C2.Cc1nc2c(s1)CC(C(C)C)(C(C)C)[C@@H]2N. The number of methoxy groups -OCH3 is 1. The van der Waals surface area contributed by atoms with E-state index in [2.05, 4.69) is 112 Å². The van der Waals surface area contributed by atoms with Gasteiger partial charge in [-0.15, -0.1) is 11.3 Å². The van der Waals surface area contributed by atoms with Crippen LogP contribution in [0.2, 0.25) is 5.15 Å². The fraction of sp³-hybridized carbons (Fsp3) is 0.698. The molecule has 6 rings (SSSR count). The molecule has 290 valence electrons. The first-order valence-electron chi connectivity index (χ1n) is 19.4. The topological polar surface area (TPSA) is 126 Å². The van der Waals surface area contributed by atoms with Crippen LogP contribution in [0, 0.1) is 58.2 Å². The van der Waals surface area contributed by atoms with Crippen molar-refractivity contribution in [1.29, 1.82) is 0 Å². The van der Waals surface area contributed by atoms with Crippen molar-refractivity contribution < 1.29 is 4.74 Å². The lowest BCUT2D eigenvalue weighted by Gasteiger charge is -2.48. The van der Waals surface area contributed by atoms with Crippen molar-refractivity contribution in [2.45, 2.75) is 134 Å². The highest BCUT2D eigenvalue weighted by atomic mass is 35.5. The van der Waals surface area contributed by atoms with Gasteiger partial charge in [0.15, 0.2) is 0 Å². The second-order valence-electron chi connectivity index (χ2n) is 18.4. The van der Waals surface area contributed by atoms with Crippen LogP contribution in [0.5, 0.6) is 5.88 Å². The predicted octanol–water partition coefficient (Wildman–Crippen LogP) is 10.2. The van der Waals surface area contributed by atoms with E-state index in [1.807, 2.05) is 35.7 Å². The van der Waals surface area contributed by atoms with Crippen molar-refractivity contribution >= 4 is 22.9 Å². The lowest BCUT2D eigenvalue weighted by Crippen LogP contribution is -2.46. The van der Waals surface area contributed by atoms with Crippen molar-refractivity contribution in [3.8, 4) is 5.88 Å². The molecule has 3 aromatic heterocycles. The zero-order valence-electron chi connectivity index (χ0n) is 34.8. The summed E-state index contributed by atoms with van der Waals surface area (Å²) in [6.45, 7) is 31.7. The molecule has 0 fully saturated rings. The van der Waals surface area contributed by atoms with Gasteiger partial charge < -0.3 is 21.9 Å². The minimum absolute atomic E-state index is 0.0425. The molecule has 0 amide bonds. The highest BCUT2D eigenvalue weighted by Crippen LogP contribution is 2.59. The number of rotatable bonds is 6. The monoisotopic (exact) mass is 752 g/mol. The lowest BCUT2D eigenvalue weighted by atomic mass is 9.57. The quantitative estimate of drug-likeness (QED) is 0.214. The number of aryl methyl sites for hydroxylation is 1. The average Bonchev–Trinajstić information content (AvgIpc) is 3.74. The number of halogens is 1. The average molecular weight is 754 g/mol. The van der Waals surface area contributed by atoms with Crippen LogP contribution in [0.1, 0.15) is 146 Å². The van der Waals surface area contributed by atoms with Crippen LogP contribution in [0.4, 0.5) is 0 Å². The van der Waals surface area contributed by atoms with Gasteiger partial charge in [0.05, 0.1) is 23.9 Å². The molecule has 0 bridgehead atoms. The first-order valence-corrected chi connectivity index (χ1v) is 20.6. The normalized spacial score (nSPS) is 24.1. The lowest BCUT2D eigenvalue weighted by molar-refractivity contribution is 0.0139. The molecule has 1 unspecified atom stereocenters. The molecule has 0 aliphatic heterocycles. The van der Waals surface area contributed by atoms with Gasteiger partial charge in [-0.3, -0.25) is 0 Å². The Labute approximate surface area is 324 Å². The summed E-state index contributed by atoms with van der Waals surface area (Å²) >= 11 is 7.80. The highest BCUT2D eigenvalue weighted by Gasteiger charge is 2.54. The van der Waals surface area contributed by atoms with Crippen LogP contribution in [-0.2, 0) is 19.3 Å². The minimum Gasteiger partial charge on any atom is -0.481 e. The van der Waals surface area contributed by atoms with Gasteiger partial charge in [0.25, 0.3) is 0 Å². The van der Waals surface area contributed by atoms with Gasteiger partial charge in [-0.25, -0.2) is 15.0 Å². The largest absolute Gasteiger partial charge is 0.481 e. The third-order valence-corrected chi connectivity index (χ3v) is 15.0. The van der Waals surface area contributed by atoms with E-state index in [0.29, 0.717) is 40.6 Å². The second kappa shape index (κ2) is 15.6.